The van der Waals surface area contributed by atoms with Gasteiger partial charge >= 0.3 is 0 Å². The third-order valence-electron chi connectivity index (χ3n) is 3.46. The number of ketones is 1. The van der Waals surface area contributed by atoms with Crippen molar-refractivity contribution < 1.29 is 4.79 Å². The molecule has 0 amide bonds. The Bertz CT molecular complexity index is 263. The van der Waals surface area contributed by atoms with Crippen molar-refractivity contribution in [1.29, 1.82) is 0 Å². The molecule has 0 N–H and O–H groups in total. The summed E-state index contributed by atoms with van der Waals surface area (Å²) in [6, 6.07) is 0. The van der Waals surface area contributed by atoms with Crippen LogP contribution in [0.1, 0.15) is 90.9 Å². The highest BCUT2D eigenvalue weighted by atomic mass is 16.1. The van der Waals surface area contributed by atoms with Gasteiger partial charge in [0.05, 0.1) is 0 Å². The molecule has 0 fully saturated rings. The molecule has 0 aliphatic carbocycles. The maximum absolute atomic E-state index is 10.8. The quantitative estimate of drug-likeness (QED) is 0.266. The van der Waals surface area contributed by atoms with Crippen LogP contribution in [0.3, 0.4) is 0 Å². The van der Waals surface area contributed by atoms with Crippen LogP contribution < -0.4 is 0 Å². The zero-order valence-electron chi connectivity index (χ0n) is 13.7. The summed E-state index contributed by atoms with van der Waals surface area (Å²) in [7, 11) is 0. The highest BCUT2D eigenvalue weighted by Gasteiger charge is 1.93. The first-order valence-corrected chi connectivity index (χ1v) is 8.56. The predicted octanol–water partition coefficient (Wildman–Crippen LogP) is 6.39. The molecule has 0 unspecified atom stereocenters. The molecule has 20 heavy (non-hydrogen) atoms. The summed E-state index contributed by atoms with van der Waals surface area (Å²) in [5.41, 5.74) is 0. The van der Waals surface area contributed by atoms with E-state index < -0.39 is 0 Å². The van der Waals surface area contributed by atoms with Crippen LogP contribution in [0.15, 0.2) is 24.3 Å². The van der Waals surface area contributed by atoms with Gasteiger partial charge in [-0.2, -0.15) is 0 Å². The minimum atomic E-state index is 0.330. The first-order chi connectivity index (χ1) is 9.77. The van der Waals surface area contributed by atoms with Crippen molar-refractivity contribution in [2.24, 2.45) is 0 Å². The molecular formula is C19H34O. The van der Waals surface area contributed by atoms with Crippen LogP contribution >= 0.6 is 0 Å². The van der Waals surface area contributed by atoms with Crippen molar-refractivity contribution in [2.45, 2.75) is 90.9 Å². The largest absolute Gasteiger partial charge is 0.300 e. The first kappa shape index (κ1) is 19.1. The van der Waals surface area contributed by atoms with Gasteiger partial charge in [0.2, 0.25) is 0 Å². The highest BCUT2D eigenvalue weighted by Crippen LogP contribution is 2.08. The summed E-state index contributed by atoms with van der Waals surface area (Å²) in [6.45, 7) is 3.92. The van der Waals surface area contributed by atoms with Crippen LogP contribution in [0, 0.1) is 0 Å². The van der Waals surface area contributed by atoms with Crippen molar-refractivity contribution in [3.8, 4) is 0 Å². The molecule has 0 atom stereocenters. The van der Waals surface area contributed by atoms with Gasteiger partial charge in [0.1, 0.15) is 5.78 Å². The third kappa shape index (κ3) is 17.2. The molecule has 0 saturated heterocycles. The van der Waals surface area contributed by atoms with Crippen molar-refractivity contribution in [3.05, 3.63) is 24.3 Å². The second kappa shape index (κ2) is 16.2. The van der Waals surface area contributed by atoms with Gasteiger partial charge in [0.25, 0.3) is 0 Å². The fourth-order valence-corrected chi connectivity index (χ4v) is 2.15. The van der Waals surface area contributed by atoms with Crippen LogP contribution in [-0.2, 0) is 4.79 Å². The van der Waals surface area contributed by atoms with E-state index in [9.17, 15) is 4.79 Å². The lowest BCUT2D eigenvalue weighted by Gasteiger charge is -1.98. The van der Waals surface area contributed by atoms with E-state index in [-0.39, 0.29) is 0 Å². The maximum atomic E-state index is 10.8. The fraction of sp³-hybridized carbons (Fsp3) is 0.737. The van der Waals surface area contributed by atoms with Crippen LogP contribution in [0.4, 0.5) is 0 Å². The molecule has 0 spiro atoms. The number of allylic oxidation sites excluding steroid dienone is 4. The van der Waals surface area contributed by atoms with Crippen LogP contribution in [0.25, 0.3) is 0 Å². The standard InChI is InChI=1S/C19H34O/c1-3-4-5-6-7-8-9-10-11-12-13-14-15-16-17-18-19(2)20/h6-7,10-11H,3-5,8-9,12-18H2,1-2H3/b7-6-,11-10-. The van der Waals surface area contributed by atoms with Crippen molar-refractivity contribution in [1.82, 2.24) is 0 Å². The molecule has 116 valence electrons. The van der Waals surface area contributed by atoms with Gasteiger partial charge in [-0.1, -0.05) is 63.3 Å². The van der Waals surface area contributed by atoms with Gasteiger partial charge in [-0.3, -0.25) is 0 Å². The average molecular weight is 278 g/mol. The fourth-order valence-electron chi connectivity index (χ4n) is 2.15. The Morgan fingerprint density at radius 1 is 0.700 bits per heavy atom. The lowest BCUT2D eigenvalue weighted by Crippen LogP contribution is -1.89. The zero-order chi connectivity index (χ0) is 14.9. The molecule has 0 bridgehead atoms. The monoisotopic (exact) mass is 278 g/mol. The van der Waals surface area contributed by atoms with E-state index in [0.29, 0.717) is 5.78 Å². The number of Topliss-reactive ketones (excluding diaryl/α,β-unsaturated/α-hetero) is 1. The molecule has 0 saturated carbocycles. The average Bonchev–Trinajstić information content (AvgIpc) is 2.43. The van der Waals surface area contributed by atoms with Crippen molar-refractivity contribution in [2.75, 3.05) is 0 Å². The first-order valence-electron chi connectivity index (χ1n) is 8.56. The lowest BCUT2D eigenvalue weighted by atomic mass is 10.1. The van der Waals surface area contributed by atoms with Gasteiger partial charge in [-0.05, 0) is 45.4 Å². The van der Waals surface area contributed by atoms with E-state index in [0.717, 1.165) is 12.8 Å². The molecule has 1 heteroatoms. The predicted molar refractivity (Wildman–Crippen MR) is 90.0 cm³/mol. The third-order valence-corrected chi connectivity index (χ3v) is 3.46. The van der Waals surface area contributed by atoms with Crippen molar-refractivity contribution in [3.63, 3.8) is 0 Å². The molecule has 0 radical (unpaired) electrons. The minimum Gasteiger partial charge on any atom is -0.300 e. The molecule has 0 aromatic carbocycles. The molecular weight excluding hydrogens is 244 g/mol. The number of carbonyl (C=O) groups excluding carboxylic acids is 1. The molecule has 0 rings (SSSR count). The smallest absolute Gasteiger partial charge is 0.129 e. The Labute approximate surface area is 126 Å². The Morgan fingerprint density at radius 3 is 1.80 bits per heavy atom. The normalized spacial score (nSPS) is 11.7. The van der Waals surface area contributed by atoms with Crippen molar-refractivity contribution >= 4 is 5.78 Å². The van der Waals surface area contributed by atoms with Gasteiger partial charge in [0.15, 0.2) is 0 Å². The van der Waals surface area contributed by atoms with Crippen LogP contribution in [-0.4, -0.2) is 5.78 Å². The topological polar surface area (TPSA) is 17.1 Å². The summed E-state index contributed by atoms with van der Waals surface area (Å²) in [4.78, 5) is 10.8. The van der Waals surface area contributed by atoms with E-state index in [1.54, 1.807) is 6.92 Å². The Kier molecular flexibility index (Phi) is 15.5. The highest BCUT2D eigenvalue weighted by molar-refractivity contribution is 5.75. The number of unbranched alkanes of at least 4 members (excludes halogenated alkanes) is 8. The second-order valence-corrected chi connectivity index (χ2v) is 5.67. The Morgan fingerprint density at radius 2 is 1.20 bits per heavy atom. The van der Waals surface area contributed by atoms with E-state index in [1.165, 1.54) is 64.2 Å². The SMILES string of the molecule is CCCC/C=C\CC/C=C\CCCCCCCC(C)=O. The number of rotatable bonds is 14. The second-order valence-electron chi connectivity index (χ2n) is 5.67. The molecule has 0 heterocycles. The molecule has 0 aromatic heterocycles. The number of hydrogen-bond donors (Lipinski definition) is 0. The van der Waals surface area contributed by atoms with E-state index >= 15 is 0 Å². The summed E-state index contributed by atoms with van der Waals surface area (Å²) in [5.74, 6) is 0.330. The summed E-state index contributed by atoms with van der Waals surface area (Å²) >= 11 is 0. The van der Waals surface area contributed by atoms with Gasteiger partial charge in [0, 0.05) is 6.42 Å². The van der Waals surface area contributed by atoms with E-state index in [2.05, 4.69) is 31.2 Å². The Hall–Kier alpha value is -0.850. The molecule has 0 aromatic rings. The lowest BCUT2D eigenvalue weighted by molar-refractivity contribution is -0.117. The number of carbonyl (C=O) groups is 1. The molecule has 1 nitrogen and oxygen atoms in total. The van der Waals surface area contributed by atoms with Gasteiger partial charge in [-0.25, -0.2) is 0 Å². The summed E-state index contributed by atoms with van der Waals surface area (Å²) < 4.78 is 0. The van der Waals surface area contributed by atoms with E-state index in [1.807, 2.05) is 0 Å². The zero-order valence-corrected chi connectivity index (χ0v) is 13.7. The number of hydrogen-bond acceptors (Lipinski definition) is 1. The molecule has 0 aliphatic rings. The summed E-state index contributed by atoms with van der Waals surface area (Å²) in [6.07, 6.45) is 23.7. The van der Waals surface area contributed by atoms with E-state index in [4.69, 9.17) is 0 Å². The van der Waals surface area contributed by atoms with Crippen LogP contribution in [0.5, 0.6) is 0 Å². The summed E-state index contributed by atoms with van der Waals surface area (Å²) in [5, 5.41) is 0. The van der Waals surface area contributed by atoms with Crippen LogP contribution in [0.2, 0.25) is 0 Å². The maximum Gasteiger partial charge on any atom is 0.129 e. The minimum absolute atomic E-state index is 0.330. The molecule has 0 aliphatic heterocycles. The van der Waals surface area contributed by atoms with Gasteiger partial charge < -0.3 is 4.79 Å². The Balaban J connectivity index is 3.16. The van der Waals surface area contributed by atoms with Gasteiger partial charge in [-0.15, -0.1) is 0 Å².